The van der Waals surface area contributed by atoms with Crippen LogP contribution in [-0.2, 0) is 0 Å². The molecule has 0 fully saturated rings. The van der Waals surface area contributed by atoms with Crippen molar-refractivity contribution in [3.63, 3.8) is 0 Å². The number of amidine groups is 1. The van der Waals surface area contributed by atoms with Crippen molar-refractivity contribution in [3.05, 3.63) is 54.5 Å². The predicted molar refractivity (Wildman–Crippen MR) is 85.7 cm³/mol. The summed E-state index contributed by atoms with van der Waals surface area (Å²) in [6.45, 7) is 9.58. The van der Waals surface area contributed by atoms with E-state index in [0.29, 0.717) is 0 Å². The lowest BCUT2D eigenvalue weighted by Crippen LogP contribution is -2.36. The van der Waals surface area contributed by atoms with Crippen LogP contribution >= 0.6 is 0 Å². The molecule has 0 unspecified atom stereocenters. The van der Waals surface area contributed by atoms with Crippen molar-refractivity contribution < 1.29 is 0 Å². The summed E-state index contributed by atoms with van der Waals surface area (Å²) in [4.78, 5) is 11.0. The molecule has 0 atom stereocenters. The topological polar surface area (TPSA) is 40.5 Å². The van der Waals surface area contributed by atoms with Crippen molar-refractivity contribution in [1.29, 1.82) is 0 Å². The Bertz CT molecular complexity index is 463. The average Bonchev–Trinajstić information content (AvgIpc) is 2.49. The standard InChI is InChI=1S/C16H24N4/c1-5-9-15(6-2)19-16(20(4)13-17-7-3)14-10-8-11-18-12-14/h5,8-12,17H,1,6-7,13H2,2-4H3/b15-9+,19-16?. The normalized spacial score (nSPS) is 12.3. The lowest BCUT2D eigenvalue weighted by Gasteiger charge is -2.22. The van der Waals surface area contributed by atoms with Gasteiger partial charge in [-0.25, -0.2) is 4.99 Å². The summed E-state index contributed by atoms with van der Waals surface area (Å²) in [5.74, 6) is 0.911. The second-order valence-electron chi connectivity index (χ2n) is 4.38. The molecule has 0 aliphatic carbocycles. The Balaban J connectivity index is 3.10. The minimum atomic E-state index is 0.745. The average molecular weight is 272 g/mol. The molecule has 0 saturated carbocycles. The van der Waals surface area contributed by atoms with E-state index < -0.39 is 0 Å². The van der Waals surface area contributed by atoms with Gasteiger partial charge >= 0.3 is 0 Å². The lowest BCUT2D eigenvalue weighted by atomic mass is 10.2. The Hall–Kier alpha value is -1.94. The molecular formula is C16H24N4. The number of aromatic nitrogens is 1. The zero-order valence-electron chi connectivity index (χ0n) is 12.6. The molecule has 0 bridgehead atoms. The zero-order valence-corrected chi connectivity index (χ0v) is 12.6. The van der Waals surface area contributed by atoms with Crippen LogP contribution in [0.3, 0.4) is 0 Å². The summed E-state index contributed by atoms with van der Waals surface area (Å²) in [7, 11) is 2.02. The Morgan fingerprint density at radius 1 is 1.50 bits per heavy atom. The molecule has 1 rings (SSSR count). The van der Waals surface area contributed by atoms with Gasteiger partial charge in [-0.1, -0.05) is 26.5 Å². The third kappa shape index (κ3) is 4.97. The van der Waals surface area contributed by atoms with Gasteiger partial charge in [-0.05, 0) is 31.2 Å². The van der Waals surface area contributed by atoms with Crippen molar-refractivity contribution in [2.24, 2.45) is 4.99 Å². The first kappa shape index (κ1) is 16.1. The highest BCUT2D eigenvalue weighted by Gasteiger charge is 2.09. The SMILES string of the molecule is C=C/C=C(\CC)N=C(c1cccnc1)N(C)CNCC. The third-order valence-corrected chi connectivity index (χ3v) is 2.80. The van der Waals surface area contributed by atoms with Crippen LogP contribution in [0.15, 0.2) is 53.9 Å². The number of hydrogen-bond acceptors (Lipinski definition) is 3. The van der Waals surface area contributed by atoms with Crippen LogP contribution in [0.1, 0.15) is 25.8 Å². The van der Waals surface area contributed by atoms with E-state index in [4.69, 9.17) is 4.99 Å². The van der Waals surface area contributed by atoms with Gasteiger partial charge in [0, 0.05) is 30.7 Å². The molecule has 0 radical (unpaired) electrons. The van der Waals surface area contributed by atoms with Crippen LogP contribution in [0.2, 0.25) is 0 Å². The second-order valence-corrected chi connectivity index (χ2v) is 4.38. The quantitative estimate of drug-likeness (QED) is 0.359. The molecule has 0 aliphatic rings. The lowest BCUT2D eigenvalue weighted by molar-refractivity contribution is 0.453. The molecule has 4 heteroatoms. The molecular weight excluding hydrogens is 248 g/mol. The van der Waals surface area contributed by atoms with Crippen LogP contribution in [-0.4, -0.2) is 36.0 Å². The summed E-state index contributed by atoms with van der Waals surface area (Å²) in [6.07, 6.45) is 8.18. The molecule has 20 heavy (non-hydrogen) atoms. The molecule has 1 aromatic rings. The van der Waals surface area contributed by atoms with Crippen LogP contribution in [0.4, 0.5) is 0 Å². The van der Waals surface area contributed by atoms with E-state index >= 15 is 0 Å². The van der Waals surface area contributed by atoms with Gasteiger partial charge in [0.2, 0.25) is 0 Å². The number of allylic oxidation sites excluding steroid dienone is 3. The Morgan fingerprint density at radius 2 is 2.30 bits per heavy atom. The monoisotopic (exact) mass is 272 g/mol. The van der Waals surface area contributed by atoms with Crippen molar-refractivity contribution in [3.8, 4) is 0 Å². The highest BCUT2D eigenvalue weighted by Crippen LogP contribution is 2.09. The van der Waals surface area contributed by atoms with E-state index in [-0.39, 0.29) is 0 Å². The Kier molecular flexibility index (Phi) is 7.29. The van der Waals surface area contributed by atoms with Crippen LogP contribution in [0, 0.1) is 0 Å². The third-order valence-electron chi connectivity index (χ3n) is 2.80. The largest absolute Gasteiger partial charge is 0.346 e. The van der Waals surface area contributed by atoms with E-state index in [1.54, 1.807) is 12.3 Å². The van der Waals surface area contributed by atoms with E-state index in [9.17, 15) is 0 Å². The number of rotatable bonds is 7. The highest BCUT2D eigenvalue weighted by atomic mass is 15.2. The summed E-state index contributed by atoms with van der Waals surface area (Å²) >= 11 is 0. The maximum atomic E-state index is 4.76. The van der Waals surface area contributed by atoms with E-state index in [1.807, 2.05) is 31.5 Å². The minimum Gasteiger partial charge on any atom is -0.346 e. The first-order valence-electron chi connectivity index (χ1n) is 6.95. The molecule has 1 aromatic heterocycles. The van der Waals surface area contributed by atoms with Crippen LogP contribution in [0.5, 0.6) is 0 Å². The fourth-order valence-corrected chi connectivity index (χ4v) is 1.73. The Morgan fingerprint density at radius 3 is 2.85 bits per heavy atom. The smallest absolute Gasteiger partial charge is 0.138 e. The molecule has 1 N–H and O–H groups in total. The van der Waals surface area contributed by atoms with E-state index in [1.165, 1.54) is 0 Å². The highest BCUT2D eigenvalue weighted by molar-refractivity contribution is 5.98. The van der Waals surface area contributed by atoms with Crippen molar-refractivity contribution in [1.82, 2.24) is 15.2 Å². The molecule has 0 aliphatic heterocycles. The first-order valence-corrected chi connectivity index (χ1v) is 6.95. The van der Waals surface area contributed by atoms with Gasteiger partial charge in [-0.2, -0.15) is 0 Å². The van der Waals surface area contributed by atoms with E-state index in [2.05, 4.69) is 35.6 Å². The Labute approximate surface area is 121 Å². The summed E-state index contributed by atoms with van der Waals surface area (Å²) in [6, 6.07) is 3.95. The predicted octanol–water partition coefficient (Wildman–Crippen LogP) is 2.81. The molecule has 0 amide bonds. The summed E-state index contributed by atoms with van der Waals surface area (Å²) < 4.78 is 0. The molecule has 108 valence electrons. The van der Waals surface area contributed by atoms with Gasteiger partial charge in [-0.3, -0.25) is 4.98 Å². The van der Waals surface area contributed by atoms with Crippen molar-refractivity contribution >= 4 is 5.84 Å². The van der Waals surface area contributed by atoms with Gasteiger partial charge in [0.25, 0.3) is 0 Å². The number of hydrogen-bond donors (Lipinski definition) is 1. The van der Waals surface area contributed by atoms with Crippen LogP contribution in [0.25, 0.3) is 0 Å². The van der Waals surface area contributed by atoms with Gasteiger partial charge < -0.3 is 10.2 Å². The van der Waals surface area contributed by atoms with Gasteiger partial charge in [-0.15, -0.1) is 0 Å². The fourth-order valence-electron chi connectivity index (χ4n) is 1.73. The van der Waals surface area contributed by atoms with Gasteiger partial charge in [0.05, 0.1) is 6.67 Å². The van der Waals surface area contributed by atoms with Crippen LogP contribution < -0.4 is 5.32 Å². The second kappa shape index (κ2) is 9.04. The molecule has 0 spiro atoms. The van der Waals surface area contributed by atoms with Crippen molar-refractivity contribution in [2.45, 2.75) is 20.3 Å². The molecule has 4 nitrogen and oxygen atoms in total. The maximum Gasteiger partial charge on any atom is 0.138 e. The first-order chi connectivity index (χ1) is 9.72. The summed E-state index contributed by atoms with van der Waals surface area (Å²) in [5, 5.41) is 3.31. The molecule has 0 saturated heterocycles. The van der Waals surface area contributed by atoms with Crippen molar-refractivity contribution in [2.75, 3.05) is 20.3 Å². The maximum absolute atomic E-state index is 4.76. The molecule has 1 heterocycles. The number of nitrogens with zero attached hydrogens (tertiary/aromatic N) is 3. The molecule has 0 aromatic carbocycles. The van der Waals surface area contributed by atoms with E-state index in [0.717, 1.165) is 36.7 Å². The number of nitrogens with one attached hydrogen (secondary N) is 1. The number of aliphatic imine (C=N–C) groups is 1. The zero-order chi connectivity index (χ0) is 14.8. The van der Waals surface area contributed by atoms with Gasteiger partial charge in [0.1, 0.15) is 5.84 Å². The minimum absolute atomic E-state index is 0.745. The number of pyridine rings is 1. The summed E-state index contributed by atoms with van der Waals surface area (Å²) in [5.41, 5.74) is 2.01. The van der Waals surface area contributed by atoms with Gasteiger partial charge in [0.15, 0.2) is 0 Å². The fraction of sp³-hybridized carbons (Fsp3) is 0.375.